The maximum atomic E-state index is 12.9. The monoisotopic (exact) mass is 419 g/mol. The van der Waals surface area contributed by atoms with Crippen LogP contribution in [0.1, 0.15) is 16.8 Å². The maximum absolute atomic E-state index is 12.9. The summed E-state index contributed by atoms with van der Waals surface area (Å²) in [4.78, 5) is 25.3. The first-order valence-electron chi connectivity index (χ1n) is 10.7. The largest absolute Gasteiger partial charge is 0.360 e. The molecule has 0 fully saturated rings. The highest BCUT2D eigenvalue weighted by molar-refractivity contribution is 6.20. The second-order valence-electron chi connectivity index (χ2n) is 7.96. The summed E-state index contributed by atoms with van der Waals surface area (Å²) < 4.78 is 0. The van der Waals surface area contributed by atoms with E-state index < -0.39 is 0 Å². The lowest BCUT2D eigenvalue weighted by molar-refractivity contribution is 0.248. The van der Waals surface area contributed by atoms with Crippen LogP contribution >= 0.6 is 0 Å². The van der Waals surface area contributed by atoms with E-state index in [1.54, 1.807) is 6.20 Å². The van der Waals surface area contributed by atoms with Gasteiger partial charge in [-0.05, 0) is 42.3 Å². The Labute approximate surface area is 185 Å². The number of aromatic nitrogens is 2. The Morgan fingerprint density at radius 3 is 2.88 bits per heavy atom. The van der Waals surface area contributed by atoms with Gasteiger partial charge in [0.15, 0.2) is 0 Å². The third-order valence-corrected chi connectivity index (χ3v) is 6.06. The molecule has 0 radical (unpaired) electrons. The molecule has 0 atom stereocenters. The quantitative estimate of drug-likeness (QED) is 0.489. The predicted octanol–water partition coefficient (Wildman–Crippen LogP) is 4.82. The first kappa shape index (κ1) is 18.6. The SMILES string of the molecule is O=C(N=C1C=CCc2[nH]c3ccccc3c21)NN1CCc2c(-c3ccccn3)cccc21. The number of H-pyrrole nitrogens is 1. The number of urea groups is 1. The number of nitrogens with zero attached hydrogens (tertiary/aromatic N) is 3. The molecule has 4 aromatic rings. The van der Waals surface area contributed by atoms with Gasteiger partial charge in [0.2, 0.25) is 0 Å². The smallest absolute Gasteiger partial charge is 0.358 e. The third kappa shape index (κ3) is 3.08. The van der Waals surface area contributed by atoms with Crippen molar-refractivity contribution < 1.29 is 4.79 Å². The Balaban J connectivity index is 1.29. The van der Waals surface area contributed by atoms with Gasteiger partial charge in [-0.15, -0.1) is 0 Å². The molecule has 156 valence electrons. The summed E-state index contributed by atoms with van der Waals surface area (Å²) >= 11 is 0. The van der Waals surface area contributed by atoms with Crippen LogP contribution < -0.4 is 10.4 Å². The fourth-order valence-electron chi connectivity index (χ4n) is 4.67. The van der Waals surface area contributed by atoms with Crippen LogP contribution in [0.25, 0.3) is 22.2 Å². The van der Waals surface area contributed by atoms with Crippen LogP contribution in [0.5, 0.6) is 0 Å². The lowest BCUT2D eigenvalue weighted by Crippen LogP contribution is -2.40. The summed E-state index contributed by atoms with van der Waals surface area (Å²) in [6.45, 7) is 0.698. The molecule has 0 saturated carbocycles. The van der Waals surface area contributed by atoms with Gasteiger partial charge in [0.25, 0.3) is 0 Å². The number of carbonyl (C=O) groups is 1. The number of fused-ring (bicyclic) bond motifs is 4. The number of benzene rings is 2. The number of amides is 2. The molecule has 0 saturated heterocycles. The molecule has 2 amide bonds. The van der Waals surface area contributed by atoms with E-state index >= 15 is 0 Å². The van der Waals surface area contributed by atoms with Crippen molar-refractivity contribution >= 4 is 28.3 Å². The van der Waals surface area contributed by atoms with Crippen LogP contribution in [0.4, 0.5) is 10.5 Å². The number of allylic oxidation sites excluding steroid dienone is 2. The van der Waals surface area contributed by atoms with Crippen LogP contribution in [0.15, 0.2) is 84.0 Å². The summed E-state index contributed by atoms with van der Waals surface area (Å²) in [5.74, 6) is 0. The third-order valence-electron chi connectivity index (χ3n) is 6.06. The fourth-order valence-corrected chi connectivity index (χ4v) is 4.67. The molecule has 6 nitrogen and oxygen atoms in total. The molecule has 32 heavy (non-hydrogen) atoms. The van der Waals surface area contributed by atoms with Gasteiger partial charge < -0.3 is 4.98 Å². The normalized spacial score (nSPS) is 15.8. The number of hydrazine groups is 1. The minimum atomic E-state index is -0.376. The van der Waals surface area contributed by atoms with Crippen molar-refractivity contribution in [1.29, 1.82) is 0 Å². The van der Waals surface area contributed by atoms with Crippen molar-refractivity contribution in [2.24, 2.45) is 4.99 Å². The van der Waals surface area contributed by atoms with Crippen molar-refractivity contribution in [3.05, 3.63) is 95.8 Å². The number of aliphatic imine (C=N–C) groups is 1. The summed E-state index contributed by atoms with van der Waals surface area (Å²) in [5, 5.41) is 2.97. The molecule has 1 aliphatic carbocycles. The zero-order valence-corrected chi connectivity index (χ0v) is 17.4. The van der Waals surface area contributed by atoms with Crippen molar-refractivity contribution in [2.45, 2.75) is 12.8 Å². The van der Waals surface area contributed by atoms with E-state index in [1.807, 2.05) is 65.7 Å². The van der Waals surface area contributed by atoms with Crippen LogP contribution in [-0.2, 0) is 12.8 Å². The number of hydrogen-bond donors (Lipinski definition) is 2. The zero-order valence-electron chi connectivity index (χ0n) is 17.4. The maximum Gasteiger partial charge on any atom is 0.360 e. The fraction of sp³-hybridized carbons (Fsp3) is 0.115. The van der Waals surface area contributed by atoms with Crippen LogP contribution in [-0.4, -0.2) is 28.3 Å². The van der Waals surface area contributed by atoms with E-state index in [2.05, 4.69) is 32.5 Å². The summed E-state index contributed by atoms with van der Waals surface area (Å²) in [7, 11) is 0. The van der Waals surface area contributed by atoms with E-state index in [4.69, 9.17) is 0 Å². The van der Waals surface area contributed by atoms with E-state index in [-0.39, 0.29) is 6.03 Å². The van der Waals surface area contributed by atoms with Gasteiger partial charge in [-0.25, -0.2) is 10.2 Å². The Bertz CT molecular complexity index is 1400. The standard InChI is InChI=1S/C26H21N5O/c32-26(29-23-12-6-11-22-25(23)19-7-1-2-10-21(19)28-22)30-31-16-14-18-17(8-5-13-24(18)31)20-9-3-4-15-27-20/h1-10,12-13,15,28H,11,14,16H2,(H,30,32). The van der Waals surface area contributed by atoms with Gasteiger partial charge in [-0.3, -0.25) is 9.99 Å². The van der Waals surface area contributed by atoms with Crippen molar-refractivity contribution in [1.82, 2.24) is 15.4 Å². The molecule has 3 heterocycles. The number of rotatable bonds is 2. The molecule has 6 rings (SSSR count). The molecular formula is C26H21N5O. The molecule has 2 aliphatic rings. The number of anilines is 1. The summed E-state index contributed by atoms with van der Waals surface area (Å²) in [5.41, 5.74) is 11.0. The van der Waals surface area contributed by atoms with E-state index in [1.165, 1.54) is 5.56 Å². The highest BCUT2D eigenvalue weighted by Gasteiger charge is 2.24. The lowest BCUT2D eigenvalue weighted by Gasteiger charge is -2.19. The van der Waals surface area contributed by atoms with Gasteiger partial charge in [-0.2, -0.15) is 4.99 Å². The van der Waals surface area contributed by atoms with E-state index in [9.17, 15) is 4.79 Å². The van der Waals surface area contributed by atoms with E-state index in [0.717, 1.165) is 51.9 Å². The number of hydrogen-bond acceptors (Lipinski definition) is 3. The molecule has 6 heteroatoms. The summed E-state index contributed by atoms with van der Waals surface area (Å²) in [6.07, 6.45) is 7.41. The Kier molecular flexibility index (Phi) is 4.35. The van der Waals surface area contributed by atoms with Gasteiger partial charge in [-0.1, -0.05) is 42.5 Å². The number of aromatic amines is 1. The minimum absolute atomic E-state index is 0.376. The highest BCUT2D eigenvalue weighted by atomic mass is 16.2. The number of carbonyl (C=O) groups excluding carboxylic acids is 1. The molecule has 0 bridgehead atoms. The molecule has 2 aromatic heterocycles. The molecule has 2 N–H and O–H groups in total. The molecule has 1 aliphatic heterocycles. The summed E-state index contributed by atoms with van der Waals surface area (Å²) in [6, 6.07) is 19.8. The minimum Gasteiger partial charge on any atom is -0.358 e. The van der Waals surface area contributed by atoms with Crippen molar-refractivity contribution in [2.75, 3.05) is 11.6 Å². The zero-order chi connectivity index (χ0) is 21.5. The van der Waals surface area contributed by atoms with Gasteiger partial charge in [0.05, 0.1) is 17.1 Å². The van der Waals surface area contributed by atoms with Gasteiger partial charge in [0.1, 0.15) is 0 Å². The Morgan fingerprint density at radius 1 is 1.06 bits per heavy atom. The predicted molar refractivity (Wildman–Crippen MR) is 127 cm³/mol. The van der Waals surface area contributed by atoms with Crippen molar-refractivity contribution in [3.63, 3.8) is 0 Å². The average Bonchev–Trinajstić information content (AvgIpc) is 3.41. The first-order valence-corrected chi connectivity index (χ1v) is 10.7. The Hall–Kier alpha value is -4.19. The molecule has 2 aromatic carbocycles. The van der Waals surface area contributed by atoms with Crippen LogP contribution in [0.2, 0.25) is 0 Å². The van der Waals surface area contributed by atoms with Crippen molar-refractivity contribution in [3.8, 4) is 11.3 Å². The second kappa shape index (κ2) is 7.50. The van der Waals surface area contributed by atoms with E-state index in [0.29, 0.717) is 12.3 Å². The molecule has 0 spiro atoms. The first-order chi connectivity index (χ1) is 15.8. The average molecular weight is 419 g/mol. The number of nitrogens with one attached hydrogen (secondary N) is 2. The van der Waals surface area contributed by atoms with Gasteiger partial charge >= 0.3 is 6.03 Å². The molecule has 0 unspecified atom stereocenters. The topological polar surface area (TPSA) is 73.4 Å². The number of para-hydroxylation sites is 1. The molecular weight excluding hydrogens is 398 g/mol. The second-order valence-corrected chi connectivity index (χ2v) is 7.96. The lowest BCUT2D eigenvalue weighted by atomic mass is 9.99. The Morgan fingerprint density at radius 2 is 1.97 bits per heavy atom. The van der Waals surface area contributed by atoms with Crippen LogP contribution in [0.3, 0.4) is 0 Å². The number of pyridine rings is 1. The van der Waals surface area contributed by atoms with Gasteiger partial charge in [0, 0.05) is 46.9 Å². The van der Waals surface area contributed by atoms with Crippen LogP contribution in [0, 0.1) is 0 Å². The highest BCUT2D eigenvalue weighted by Crippen LogP contribution is 2.34.